The van der Waals surface area contributed by atoms with Gasteiger partial charge in [-0.25, -0.2) is 0 Å². The predicted octanol–water partition coefficient (Wildman–Crippen LogP) is 4.04. The van der Waals surface area contributed by atoms with Gasteiger partial charge in [0.25, 0.3) is 0 Å². The van der Waals surface area contributed by atoms with Crippen LogP contribution < -0.4 is 0 Å². The minimum atomic E-state index is -5.83. The largest absolute Gasteiger partial charge is 0.456 e. The third-order valence-electron chi connectivity index (χ3n) is 2.78. The molecule has 0 bridgehead atoms. The van der Waals surface area contributed by atoms with Crippen molar-refractivity contribution >= 4 is 0 Å². The molecule has 0 saturated heterocycles. The first-order chi connectivity index (χ1) is 8.67. The number of hydrogen-bond donors (Lipinski definition) is 1. The van der Waals surface area contributed by atoms with Crippen LogP contribution in [0.3, 0.4) is 0 Å². The number of halogens is 5. The Hall–Kier alpha value is -1.43. The molecule has 0 aromatic heterocycles. The summed E-state index contributed by atoms with van der Waals surface area (Å²) < 4.78 is 64.7. The van der Waals surface area contributed by atoms with Gasteiger partial charge < -0.3 is 5.11 Å². The number of aliphatic hydroxyl groups is 1. The van der Waals surface area contributed by atoms with Crippen LogP contribution in [0.4, 0.5) is 22.0 Å². The summed E-state index contributed by atoms with van der Waals surface area (Å²) in [5.41, 5.74) is -3.80. The van der Waals surface area contributed by atoms with E-state index in [1.807, 2.05) is 0 Å². The minimum absolute atomic E-state index is 0.476. The first-order valence-corrected chi connectivity index (χ1v) is 5.50. The Morgan fingerprint density at radius 2 is 1.58 bits per heavy atom. The van der Waals surface area contributed by atoms with E-state index in [9.17, 15) is 27.1 Å². The van der Waals surface area contributed by atoms with Crippen LogP contribution in [-0.2, 0) is 5.60 Å². The van der Waals surface area contributed by atoms with E-state index in [-0.39, 0.29) is 0 Å². The van der Waals surface area contributed by atoms with Crippen molar-refractivity contribution in [1.29, 1.82) is 0 Å². The summed E-state index contributed by atoms with van der Waals surface area (Å²) in [7, 11) is 0. The molecule has 0 spiro atoms. The molecule has 106 valence electrons. The van der Waals surface area contributed by atoms with Gasteiger partial charge in [-0.3, -0.25) is 0 Å². The zero-order valence-electron chi connectivity index (χ0n) is 10.1. The molecule has 0 fully saturated rings. The van der Waals surface area contributed by atoms with Crippen LogP contribution in [0, 0.1) is 0 Å². The summed E-state index contributed by atoms with van der Waals surface area (Å²) in [6.07, 6.45) is -4.29. The Kier molecular flexibility index (Phi) is 4.35. The molecule has 0 radical (unpaired) electrons. The van der Waals surface area contributed by atoms with E-state index < -0.39 is 29.7 Å². The van der Waals surface area contributed by atoms with Gasteiger partial charge in [0.1, 0.15) is 0 Å². The van der Waals surface area contributed by atoms with Gasteiger partial charge in [-0.2, -0.15) is 22.0 Å². The third kappa shape index (κ3) is 2.78. The van der Waals surface area contributed by atoms with E-state index in [0.717, 1.165) is 18.2 Å². The predicted molar refractivity (Wildman–Crippen MR) is 60.8 cm³/mol. The maximum absolute atomic E-state index is 13.6. The molecule has 1 aromatic rings. The molecule has 6 heteroatoms. The number of hydrogen-bond acceptors (Lipinski definition) is 1. The van der Waals surface area contributed by atoms with Gasteiger partial charge in [0, 0.05) is 6.42 Å². The minimum Gasteiger partial charge on any atom is -0.378 e. The van der Waals surface area contributed by atoms with E-state index >= 15 is 0 Å². The van der Waals surface area contributed by atoms with Gasteiger partial charge in [-0.1, -0.05) is 42.5 Å². The fourth-order valence-electron chi connectivity index (χ4n) is 1.66. The van der Waals surface area contributed by atoms with E-state index in [2.05, 4.69) is 0 Å². The molecule has 1 atom stereocenters. The molecule has 1 N–H and O–H groups in total. The molecule has 0 unspecified atom stereocenters. The summed E-state index contributed by atoms with van der Waals surface area (Å²) in [6, 6.07) is 6.14. The lowest BCUT2D eigenvalue weighted by atomic mass is 9.83. The Morgan fingerprint density at radius 3 is 2.00 bits per heavy atom. The monoisotopic (exact) mass is 280 g/mol. The first kappa shape index (κ1) is 15.6. The van der Waals surface area contributed by atoms with Crippen molar-refractivity contribution in [3.05, 3.63) is 48.0 Å². The first-order valence-electron chi connectivity index (χ1n) is 5.50. The lowest BCUT2D eigenvalue weighted by Gasteiger charge is -2.36. The Labute approximate surface area is 107 Å². The third-order valence-corrected chi connectivity index (χ3v) is 2.78. The maximum Gasteiger partial charge on any atom is 0.456 e. The fourth-order valence-corrected chi connectivity index (χ4v) is 1.66. The van der Waals surface area contributed by atoms with E-state index in [1.54, 1.807) is 0 Å². The highest BCUT2D eigenvalue weighted by Gasteiger charge is 2.69. The number of rotatable bonds is 4. The molecule has 0 aliphatic carbocycles. The normalized spacial score (nSPS) is 16.6. The van der Waals surface area contributed by atoms with Gasteiger partial charge in [0.05, 0.1) is 0 Å². The van der Waals surface area contributed by atoms with Crippen LogP contribution in [0.2, 0.25) is 0 Å². The van der Waals surface area contributed by atoms with Crippen molar-refractivity contribution < 1.29 is 27.1 Å². The van der Waals surface area contributed by atoms with Crippen LogP contribution in [-0.4, -0.2) is 17.2 Å². The van der Waals surface area contributed by atoms with Crippen LogP contribution in [0.15, 0.2) is 42.5 Å². The molecular weight excluding hydrogens is 267 g/mol. The topological polar surface area (TPSA) is 20.2 Å². The second-order valence-corrected chi connectivity index (χ2v) is 4.07. The lowest BCUT2D eigenvalue weighted by molar-refractivity contribution is -0.345. The summed E-state index contributed by atoms with van der Waals surface area (Å²) in [6.45, 7) is 1.47. The van der Waals surface area contributed by atoms with E-state index in [0.29, 0.717) is 0 Å². The van der Waals surface area contributed by atoms with Gasteiger partial charge in [0.15, 0.2) is 5.60 Å². The molecule has 19 heavy (non-hydrogen) atoms. The lowest BCUT2D eigenvalue weighted by Crippen LogP contribution is -2.54. The van der Waals surface area contributed by atoms with Crippen LogP contribution in [0.5, 0.6) is 0 Å². The van der Waals surface area contributed by atoms with Gasteiger partial charge >= 0.3 is 12.1 Å². The molecule has 0 heterocycles. The Balaban J connectivity index is 3.36. The zero-order chi connectivity index (χ0) is 14.7. The van der Waals surface area contributed by atoms with Gasteiger partial charge in [-0.15, -0.1) is 0 Å². The molecule has 0 aliphatic rings. The Morgan fingerprint density at radius 1 is 1.05 bits per heavy atom. The highest BCUT2D eigenvalue weighted by molar-refractivity contribution is 5.27. The average molecular weight is 280 g/mol. The van der Waals surface area contributed by atoms with Crippen molar-refractivity contribution in [2.24, 2.45) is 0 Å². The van der Waals surface area contributed by atoms with Gasteiger partial charge in [-0.05, 0) is 12.5 Å². The highest BCUT2D eigenvalue weighted by Crippen LogP contribution is 2.50. The SMILES string of the molecule is C/C=C\C[C@@](O)(c1ccccc1)C(F)(F)C(F)(F)F. The zero-order valence-corrected chi connectivity index (χ0v) is 10.1. The molecular formula is C13H13F5O. The number of allylic oxidation sites excluding steroid dienone is 1. The van der Waals surface area contributed by atoms with Crippen LogP contribution in [0.25, 0.3) is 0 Å². The van der Waals surface area contributed by atoms with Gasteiger partial charge in [0.2, 0.25) is 0 Å². The van der Waals surface area contributed by atoms with Crippen LogP contribution >= 0.6 is 0 Å². The molecule has 1 aromatic carbocycles. The molecule has 0 aliphatic heterocycles. The van der Waals surface area contributed by atoms with E-state index in [4.69, 9.17) is 0 Å². The molecule has 0 amide bonds. The number of alkyl halides is 5. The van der Waals surface area contributed by atoms with Crippen molar-refractivity contribution in [3.8, 4) is 0 Å². The highest BCUT2D eigenvalue weighted by atomic mass is 19.4. The van der Waals surface area contributed by atoms with Crippen molar-refractivity contribution in [2.45, 2.75) is 31.0 Å². The Bertz CT molecular complexity index is 438. The maximum atomic E-state index is 13.6. The fraction of sp³-hybridized carbons (Fsp3) is 0.385. The molecule has 1 nitrogen and oxygen atoms in total. The molecule has 0 saturated carbocycles. The smallest absolute Gasteiger partial charge is 0.378 e. The van der Waals surface area contributed by atoms with Crippen LogP contribution in [0.1, 0.15) is 18.9 Å². The summed E-state index contributed by atoms with van der Waals surface area (Å²) in [5.74, 6) is -5.25. The summed E-state index contributed by atoms with van der Waals surface area (Å²) >= 11 is 0. The quantitative estimate of drug-likeness (QED) is 0.652. The van der Waals surface area contributed by atoms with E-state index in [1.165, 1.54) is 31.2 Å². The molecule has 1 rings (SSSR count). The average Bonchev–Trinajstić information content (AvgIpc) is 2.35. The standard InChI is InChI=1S/C13H13F5O/c1-2-3-9-11(19,10-7-5-4-6-8-10)12(14,15)13(16,17)18/h2-8,19H,9H2,1H3/b3-2-/t11-/m1/s1. The summed E-state index contributed by atoms with van der Waals surface area (Å²) in [5, 5.41) is 9.96. The van der Waals surface area contributed by atoms with Crippen molar-refractivity contribution in [2.75, 3.05) is 0 Å². The summed E-state index contributed by atoms with van der Waals surface area (Å²) in [4.78, 5) is 0. The van der Waals surface area contributed by atoms with Crippen molar-refractivity contribution in [3.63, 3.8) is 0 Å². The second-order valence-electron chi connectivity index (χ2n) is 4.07. The number of benzene rings is 1. The second kappa shape index (κ2) is 5.28. The van der Waals surface area contributed by atoms with Crippen molar-refractivity contribution in [1.82, 2.24) is 0 Å².